The van der Waals surface area contributed by atoms with E-state index in [9.17, 15) is 5.11 Å². The number of halogens is 1. The van der Waals surface area contributed by atoms with Gasteiger partial charge in [0.25, 0.3) is 0 Å². The monoisotopic (exact) mass is 309 g/mol. The van der Waals surface area contributed by atoms with Gasteiger partial charge in [-0.25, -0.2) is 4.98 Å². The molecule has 1 heterocycles. The van der Waals surface area contributed by atoms with Crippen molar-refractivity contribution in [2.75, 3.05) is 0 Å². The third kappa shape index (κ3) is 1.30. The van der Waals surface area contributed by atoms with E-state index in [2.05, 4.69) is 41.7 Å². The number of fused-ring (bicyclic) bond motifs is 2. The van der Waals surface area contributed by atoms with Gasteiger partial charge in [0.2, 0.25) is 0 Å². The quantitative estimate of drug-likeness (QED) is 0.799. The molecule has 0 spiro atoms. The van der Waals surface area contributed by atoms with Crippen LogP contribution in [0.4, 0.5) is 0 Å². The van der Waals surface area contributed by atoms with E-state index < -0.39 is 5.60 Å². The maximum absolute atomic E-state index is 11.3. The summed E-state index contributed by atoms with van der Waals surface area (Å²) in [6, 6.07) is 5.84. The third-order valence-corrected chi connectivity index (χ3v) is 6.47. The van der Waals surface area contributed by atoms with Crippen LogP contribution in [-0.2, 0) is 5.60 Å². The van der Waals surface area contributed by atoms with Gasteiger partial charge in [-0.05, 0) is 58.7 Å². The summed E-state index contributed by atoms with van der Waals surface area (Å²) in [7, 11) is 0. The standard InChI is InChI=1S/C15H20BrNO/c1-13(2)10-7-8-14(13,3)15(18,9-10)11-5-4-6-12(16)17-11/h4-6,10,18H,7-9H2,1-3H3/t10-,14-,15+/m0/s1. The molecule has 0 amide bonds. The summed E-state index contributed by atoms with van der Waals surface area (Å²) in [5.41, 5.74) is 0.169. The number of nitrogens with zero attached hydrogens (tertiary/aromatic N) is 1. The summed E-state index contributed by atoms with van der Waals surface area (Å²) >= 11 is 3.41. The number of hydrogen-bond donors (Lipinski definition) is 1. The van der Waals surface area contributed by atoms with Gasteiger partial charge in [0.05, 0.1) is 5.69 Å². The first-order chi connectivity index (χ1) is 8.31. The predicted molar refractivity (Wildman–Crippen MR) is 75.1 cm³/mol. The molecule has 2 bridgehead atoms. The lowest BCUT2D eigenvalue weighted by Crippen LogP contribution is -2.45. The summed E-state index contributed by atoms with van der Waals surface area (Å²) in [5, 5.41) is 11.3. The topological polar surface area (TPSA) is 33.1 Å². The van der Waals surface area contributed by atoms with Gasteiger partial charge >= 0.3 is 0 Å². The Morgan fingerprint density at radius 2 is 2.06 bits per heavy atom. The first-order valence-corrected chi connectivity index (χ1v) is 7.46. The van der Waals surface area contributed by atoms with E-state index in [1.165, 1.54) is 6.42 Å². The summed E-state index contributed by atoms with van der Waals surface area (Å²) in [5.74, 6) is 0.605. The highest BCUT2D eigenvalue weighted by atomic mass is 79.9. The van der Waals surface area contributed by atoms with Gasteiger partial charge in [0.15, 0.2) is 0 Å². The van der Waals surface area contributed by atoms with Crippen LogP contribution in [0.15, 0.2) is 22.8 Å². The van der Waals surface area contributed by atoms with Crippen molar-refractivity contribution in [3.63, 3.8) is 0 Å². The highest BCUT2D eigenvalue weighted by molar-refractivity contribution is 9.10. The third-order valence-electron chi connectivity index (χ3n) is 6.03. The lowest BCUT2D eigenvalue weighted by molar-refractivity contribution is -0.0988. The highest BCUT2D eigenvalue weighted by Gasteiger charge is 2.69. The molecular formula is C15H20BrNO. The van der Waals surface area contributed by atoms with Crippen LogP contribution in [0.5, 0.6) is 0 Å². The van der Waals surface area contributed by atoms with Crippen LogP contribution in [0, 0.1) is 16.7 Å². The summed E-state index contributed by atoms with van der Waals surface area (Å²) in [4.78, 5) is 4.52. The van der Waals surface area contributed by atoms with Crippen LogP contribution in [0.2, 0.25) is 0 Å². The Labute approximate surface area is 117 Å². The second kappa shape index (κ2) is 3.57. The molecular weight excluding hydrogens is 290 g/mol. The van der Waals surface area contributed by atoms with Crippen LogP contribution < -0.4 is 0 Å². The summed E-state index contributed by atoms with van der Waals surface area (Å²) in [6.45, 7) is 6.85. The maximum Gasteiger partial charge on any atom is 0.113 e. The van der Waals surface area contributed by atoms with Gasteiger partial charge in [0, 0.05) is 5.41 Å². The zero-order valence-corrected chi connectivity index (χ0v) is 12.8. The zero-order valence-electron chi connectivity index (χ0n) is 11.2. The SMILES string of the molecule is CC1(C)[C@H]2CC[C@]1(C)[C@](O)(c1cccc(Br)n1)C2. The Morgan fingerprint density at radius 1 is 1.33 bits per heavy atom. The van der Waals surface area contributed by atoms with E-state index in [0.717, 1.165) is 23.1 Å². The number of aromatic nitrogens is 1. The van der Waals surface area contributed by atoms with Crippen molar-refractivity contribution >= 4 is 15.9 Å². The first-order valence-electron chi connectivity index (χ1n) is 6.67. The molecule has 2 aliphatic carbocycles. The lowest BCUT2D eigenvalue weighted by atomic mass is 9.63. The molecule has 0 aromatic carbocycles. The van der Waals surface area contributed by atoms with Crippen molar-refractivity contribution in [3.05, 3.63) is 28.5 Å². The second-order valence-corrected chi connectivity index (χ2v) is 7.51. The molecule has 2 saturated carbocycles. The van der Waals surface area contributed by atoms with Crippen LogP contribution in [0.25, 0.3) is 0 Å². The zero-order chi connectivity index (χ0) is 13.2. The highest BCUT2D eigenvalue weighted by Crippen LogP contribution is 2.72. The fourth-order valence-electron chi connectivity index (χ4n) is 4.30. The Hall–Kier alpha value is -0.410. The molecule has 2 fully saturated rings. The van der Waals surface area contributed by atoms with Gasteiger partial charge in [-0.15, -0.1) is 0 Å². The van der Waals surface area contributed by atoms with Crippen molar-refractivity contribution in [1.29, 1.82) is 0 Å². The lowest BCUT2D eigenvalue weighted by Gasteiger charge is -2.45. The van der Waals surface area contributed by atoms with Crippen LogP contribution in [0.1, 0.15) is 45.7 Å². The smallest absolute Gasteiger partial charge is 0.113 e. The van der Waals surface area contributed by atoms with Gasteiger partial charge in [-0.2, -0.15) is 0 Å². The average Bonchev–Trinajstić information content (AvgIpc) is 2.61. The van der Waals surface area contributed by atoms with Gasteiger partial charge in [-0.1, -0.05) is 26.8 Å². The van der Waals surface area contributed by atoms with Crippen molar-refractivity contribution < 1.29 is 5.11 Å². The molecule has 0 saturated heterocycles. The largest absolute Gasteiger partial charge is 0.383 e. The van der Waals surface area contributed by atoms with Gasteiger partial charge < -0.3 is 5.11 Å². The first kappa shape index (κ1) is 12.6. The van der Waals surface area contributed by atoms with E-state index >= 15 is 0 Å². The Bertz CT molecular complexity index is 501. The minimum Gasteiger partial charge on any atom is -0.383 e. The van der Waals surface area contributed by atoms with Crippen molar-refractivity contribution in [3.8, 4) is 0 Å². The minimum atomic E-state index is -0.775. The molecule has 1 aromatic heterocycles. The molecule has 1 N–H and O–H groups in total. The molecule has 18 heavy (non-hydrogen) atoms. The fraction of sp³-hybridized carbons (Fsp3) is 0.667. The number of hydrogen-bond acceptors (Lipinski definition) is 2. The Kier molecular flexibility index (Phi) is 2.50. The van der Waals surface area contributed by atoms with Crippen LogP contribution >= 0.6 is 15.9 Å². The van der Waals surface area contributed by atoms with E-state index in [0.29, 0.717) is 5.92 Å². The average molecular weight is 310 g/mol. The Balaban J connectivity index is 2.13. The molecule has 0 unspecified atom stereocenters. The van der Waals surface area contributed by atoms with Crippen molar-refractivity contribution in [2.24, 2.45) is 16.7 Å². The van der Waals surface area contributed by atoms with Gasteiger partial charge in [-0.3, -0.25) is 0 Å². The maximum atomic E-state index is 11.3. The molecule has 0 aliphatic heterocycles. The minimum absolute atomic E-state index is 0.0710. The van der Waals surface area contributed by atoms with E-state index in [-0.39, 0.29) is 10.8 Å². The fourth-order valence-corrected chi connectivity index (χ4v) is 4.64. The molecule has 3 heteroatoms. The van der Waals surface area contributed by atoms with Crippen molar-refractivity contribution in [2.45, 2.75) is 45.6 Å². The predicted octanol–water partition coefficient (Wildman–Crippen LogP) is 3.88. The molecule has 2 nitrogen and oxygen atoms in total. The molecule has 3 rings (SSSR count). The van der Waals surface area contributed by atoms with Crippen LogP contribution in [-0.4, -0.2) is 10.1 Å². The molecule has 3 atom stereocenters. The Morgan fingerprint density at radius 3 is 2.56 bits per heavy atom. The van der Waals surface area contributed by atoms with Crippen molar-refractivity contribution in [1.82, 2.24) is 4.98 Å². The molecule has 2 aliphatic rings. The van der Waals surface area contributed by atoms with Gasteiger partial charge in [0.1, 0.15) is 10.2 Å². The number of pyridine rings is 1. The number of rotatable bonds is 1. The molecule has 98 valence electrons. The van der Waals surface area contributed by atoms with E-state index in [4.69, 9.17) is 0 Å². The summed E-state index contributed by atoms with van der Waals surface area (Å²) < 4.78 is 0.803. The summed E-state index contributed by atoms with van der Waals surface area (Å²) in [6.07, 6.45) is 3.18. The van der Waals surface area contributed by atoms with Crippen LogP contribution in [0.3, 0.4) is 0 Å². The van der Waals surface area contributed by atoms with E-state index in [1.807, 2.05) is 18.2 Å². The normalized spacial score (nSPS) is 41.3. The second-order valence-electron chi connectivity index (χ2n) is 6.70. The van der Waals surface area contributed by atoms with E-state index in [1.54, 1.807) is 0 Å². The number of aliphatic hydroxyl groups is 1. The molecule has 0 radical (unpaired) electrons. The molecule has 1 aromatic rings.